The van der Waals surface area contributed by atoms with Crippen LogP contribution in [-0.4, -0.2) is 50.9 Å². The Labute approximate surface area is 184 Å². The summed E-state index contributed by atoms with van der Waals surface area (Å²) in [4.78, 5) is 24.4. The van der Waals surface area contributed by atoms with Gasteiger partial charge >= 0.3 is 0 Å². The number of methoxy groups -OCH3 is 1. The monoisotopic (exact) mass is 433 g/mol. The lowest BCUT2D eigenvalue weighted by Gasteiger charge is -2.13. The third-order valence-corrected chi connectivity index (χ3v) is 5.23. The second-order valence-electron chi connectivity index (χ2n) is 7.59. The second kappa shape index (κ2) is 7.88. The van der Waals surface area contributed by atoms with Gasteiger partial charge in [0.2, 0.25) is 11.8 Å². The van der Waals surface area contributed by atoms with E-state index in [0.29, 0.717) is 34.5 Å². The highest BCUT2D eigenvalue weighted by atomic mass is 16.5. The molecule has 1 saturated carbocycles. The number of aromatic nitrogens is 5. The van der Waals surface area contributed by atoms with E-state index in [0.717, 1.165) is 29.5 Å². The Morgan fingerprint density at radius 3 is 2.78 bits per heavy atom. The molecule has 10 nitrogen and oxygen atoms in total. The Morgan fingerprint density at radius 2 is 2.09 bits per heavy atom. The molecule has 1 aromatic carbocycles. The van der Waals surface area contributed by atoms with E-state index in [1.54, 1.807) is 37.0 Å². The van der Waals surface area contributed by atoms with Crippen LogP contribution in [0.4, 0.5) is 11.6 Å². The highest BCUT2D eigenvalue weighted by molar-refractivity contribution is 5.97. The Kier molecular flexibility index (Phi) is 4.89. The van der Waals surface area contributed by atoms with Crippen LogP contribution in [0, 0.1) is 0 Å². The van der Waals surface area contributed by atoms with Crippen molar-refractivity contribution in [3.05, 3.63) is 42.2 Å². The number of carbonyl (C=O) groups is 1. The normalized spacial score (nSPS) is 13.2. The van der Waals surface area contributed by atoms with E-state index >= 15 is 0 Å². The van der Waals surface area contributed by atoms with Gasteiger partial charge in [0.15, 0.2) is 0 Å². The number of nitrogens with zero attached hydrogens (tertiary/aromatic N) is 4. The molecule has 1 amide bonds. The lowest BCUT2D eigenvalue weighted by molar-refractivity contribution is 0.0963. The molecule has 0 spiro atoms. The second-order valence-corrected chi connectivity index (χ2v) is 7.59. The van der Waals surface area contributed by atoms with Crippen LogP contribution in [0.5, 0.6) is 11.6 Å². The number of aromatic amines is 1. The number of H-pyrrole nitrogens is 1. The molecule has 0 bridgehead atoms. The number of aryl methyl sites for hydroxylation is 1. The topological polar surface area (TPSA) is 119 Å². The number of fused-ring (bicyclic) bond motifs is 1. The van der Waals surface area contributed by atoms with Crippen molar-refractivity contribution in [3.8, 4) is 22.9 Å². The molecular weight excluding hydrogens is 410 g/mol. The number of benzene rings is 1. The summed E-state index contributed by atoms with van der Waals surface area (Å²) < 4.78 is 13.3. The minimum absolute atomic E-state index is 0.161. The Hall–Kier alpha value is -4.08. The molecule has 0 saturated heterocycles. The summed E-state index contributed by atoms with van der Waals surface area (Å²) in [5.74, 6) is 1.16. The summed E-state index contributed by atoms with van der Waals surface area (Å²) in [6.45, 7) is 0. The zero-order chi connectivity index (χ0) is 22.2. The van der Waals surface area contributed by atoms with Crippen molar-refractivity contribution in [2.24, 2.45) is 7.05 Å². The third-order valence-electron chi connectivity index (χ3n) is 5.23. The first-order chi connectivity index (χ1) is 15.6. The highest BCUT2D eigenvalue weighted by Crippen LogP contribution is 2.37. The first kappa shape index (κ1) is 19.9. The number of hydrogen-bond acceptors (Lipinski definition) is 7. The SMILES string of the molecule is CNC(=O)c1ccc(Nc2nc(OC3CC3)c3c(-c4ccn(C)n4)c[nH]c3n2)c(OC)c1. The van der Waals surface area contributed by atoms with E-state index in [-0.39, 0.29) is 12.0 Å². The molecular formula is C22H23N7O3. The summed E-state index contributed by atoms with van der Waals surface area (Å²) >= 11 is 0. The maximum absolute atomic E-state index is 11.9. The Bertz CT molecular complexity index is 1310. The zero-order valence-corrected chi connectivity index (χ0v) is 18.0. The van der Waals surface area contributed by atoms with Crippen molar-refractivity contribution in [1.29, 1.82) is 0 Å². The van der Waals surface area contributed by atoms with Crippen molar-refractivity contribution in [2.75, 3.05) is 19.5 Å². The number of anilines is 2. The van der Waals surface area contributed by atoms with Crippen LogP contribution < -0.4 is 20.1 Å². The summed E-state index contributed by atoms with van der Waals surface area (Å²) in [5.41, 5.74) is 3.46. The molecule has 0 radical (unpaired) electrons. The van der Waals surface area contributed by atoms with Crippen LogP contribution in [-0.2, 0) is 7.05 Å². The van der Waals surface area contributed by atoms with Gasteiger partial charge in [-0.3, -0.25) is 9.48 Å². The number of amides is 1. The van der Waals surface area contributed by atoms with Crippen molar-refractivity contribution >= 4 is 28.6 Å². The molecule has 3 aromatic heterocycles. The van der Waals surface area contributed by atoms with Crippen LogP contribution in [0.3, 0.4) is 0 Å². The molecule has 1 aliphatic rings. The summed E-state index contributed by atoms with van der Waals surface area (Å²) in [5, 5.41) is 11.1. The lowest BCUT2D eigenvalue weighted by atomic mass is 10.1. The molecule has 0 aliphatic heterocycles. The van der Waals surface area contributed by atoms with Crippen molar-refractivity contribution in [2.45, 2.75) is 18.9 Å². The van der Waals surface area contributed by atoms with Gasteiger partial charge in [0.1, 0.15) is 17.5 Å². The average Bonchev–Trinajstić information content (AvgIpc) is 3.34. The van der Waals surface area contributed by atoms with E-state index in [2.05, 4.69) is 30.7 Å². The molecule has 4 aromatic rings. The van der Waals surface area contributed by atoms with E-state index in [9.17, 15) is 4.79 Å². The highest BCUT2D eigenvalue weighted by Gasteiger charge is 2.27. The molecule has 3 N–H and O–H groups in total. The van der Waals surface area contributed by atoms with E-state index in [4.69, 9.17) is 9.47 Å². The largest absolute Gasteiger partial charge is 0.495 e. The van der Waals surface area contributed by atoms with Gasteiger partial charge in [-0.15, -0.1) is 0 Å². The molecule has 5 rings (SSSR count). The quantitative estimate of drug-likeness (QED) is 0.410. The maximum Gasteiger partial charge on any atom is 0.251 e. The van der Waals surface area contributed by atoms with Crippen molar-refractivity contribution in [3.63, 3.8) is 0 Å². The van der Waals surface area contributed by atoms with Crippen LogP contribution in [0.2, 0.25) is 0 Å². The first-order valence-corrected chi connectivity index (χ1v) is 10.3. The molecule has 3 heterocycles. The van der Waals surface area contributed by atoms with Gasteiger partial charge in [0.05, 0.1) is 23.9 Å². The smallest absolute Gasteiger partial charge is 0.251 e. The predicted octanol–water partition coefficient (Wildman–Crippen LogP) is 3.01. The van der Waals surface area contributed by atoms with Gasteiger partial charge in [-0.1, -0.05) is 0 Å². The van der Waals surface area contributed by atoms with E-state index in [1.807, 2.05) is 25.5 Å². The molecule has 164 valence electrons. The van der Waals surface area contributed by atoms with Crippen LogP contribution >= 0.6 is 0 Å². The third kappa shape index (κ3) is 3.70. The van der Waals surface area contributed by atoms with Crippen LogP contribution in [0.15, 0.2) is 36.7 Å². The fourth-order valence-electron chi connectivity index (χ4n) is 3.45. The minimum Gasteiger partial charge on any atom is -0.495 e. The number of rotatable bonds is 7. The van der Waals surface area contributed by atoms with Gasteiger partial charge in [0, 0.05) is 37.6 Å². The molecule has 0 unspecified atom stereocenters. The van der Waals surface area contributed by atoms with Gasteiger partial charge in [-0.2, -0.15) is 15.1 Å². The van der Waals surface area contributed by atoms with Gasteiger partial charge in [-0.25, -0.2) is 0 Å². The molecule has 10 heteroatoms. The van der Waals surface area contributed by atoms with Crippen molar-refractivity contribution < 1.29 is 14.3 Å². The molecule has 1 fully saturated rings. The maximum atomic E-state index is 11.9. The molecule has 32 heavy (non-hydrogen) atoms. The molecule has 0 atom stereocenters. The van der Waals surface area contributed by atoms with Crippen molar-refractivity contribution in [1.82, 2.24) is 30.0 Å². The Morgan fingerprint density at radius 1 is 1.25 bits per heavy atom. The van der Waals surface area contributed by atoms with E-state index < -0.39 is 0 Å². The number of hydrogen-bond donors (Lipinski definition) is 3. The number of nitrogens with one attached hydrogen (secondary N) is 3. The van der Waals surface area contributed by atoms with E-state index in [1.165, 1.54) is 0 Å². The van der Waals surface area contributed by atoms with Crippen LogP contribution in [0.25, 0.3) is 22.3 Å². The average molecular weight is 433 g/mol. The summed E-state index contributed by atoms with van der Waals surface area (Å²) in [6.07, 6.45) is 5.93. The van der Waals surface area contributed by atoms with Crippen LogP contribution in [0.1, 0.15) is 23.2 Å². The zero-order valence-electron chi connectivity index (χ0n) is 18.0. The van der Waals surface area contributed by atoms with Gasteiger partial charge in [0.25, 0.3) is 5.91 Å². The summed E-state index contributed by atoms with van der Waals surface area (Å²) in [6, 6.07) is 7.06. The summed E-state index contributed by atoms with van der Waals surface area (Å²) in [7, 11) is 5.01. The van der Waals surface area contributed by atoms with Gasteiger partial charge in [-0.05, 0) is 37.1 Å². The lowest BCUT2D eigenvalue weighted by Crippen LogP contribution is -2.17. The fourth-order valence-corrected chi connectivity index (χ4v) is 3.45. The number of carbonyl (C=O) groups excluding carboxylic acids is 1. The first-order valence-electron chi connectivity index (χ1n) is 10.3. The molecule has 1 aliphatic carbocycles. The predicted molar refractivity (Wildman–Crippen MR) is 119 cm³/mol. The minimum atomic E-state index is -0.193. The number of ether oxygens (including phenoxy) is 2. The standard InChI is InChI=1S/C22H23N7O3/c1-23-20(30)12-4-7-16(17(10-12)31-3)25-22-26-19-18(21(27-22)32-13-5-6-13)14(11-24-19)15-8-9-29(2)28-15/h4,7-11,13H,5-6H2,1-3H3,(H,23,30)(H2,24,25,26,27). The van der Waals surface area contributed by atoms with Gasteiger partial charge < -0.3 is 25.1 Å². The Balaban J connectivity index is 1.55. The fraction of sp³-hybridized carbons (Fsp3) is 0.273.